The molecule has 2 heterocycles. The SMILES string of the molecule is CCOC(=O)C1=C(C)N=c2s/c(=C/c3ccc(OCCOc4ccc([C@H](C)CC)cc4)c(OCC)c3)c(=O)n2[C@@H]1c1ccc(OC)cc1. The van der Waals surface area contributed by atoms with E-state index < -0.39 is 12.0 Å². The van der Waals surface area contributed by atoms with Crippen molar-refractivity contribution in [3.8, 4) is 23.0 Å². The van der Waals surface area contributed by atoms with Gasteiger partial charge in [0.15, 0.2) is 16.3 Å². The lowest BCUT2D eigenvalue weighted by Gasteiger charge is -2.24. The molecular weight excluding hydrogens is 628 g/mol. The van der Waals surface area contributed by atoms with Crippen LogP contribution < -0.4 is 33.8 Å². The Morgan fingerprint density at radius 1 is 0.917 bits per heavy atom. The lowest BCUT2D eigenvalue weighted by Crippen LogP contribution is -2.39. The molecule has 1 aliphatic rings. The minimum Gasteiger partial charge on any atom is -0.497 e. The summed E-state index contributed by atoms with van der Waals surface area (Å²) in [6, 6.07) is 20.3. The minimum atomic E-state index is -0.705. The average molecular weight is 671 g/mol. The highest BCUT2D eigenvalue weighted by molar-refractivity contribution is 7.07. The fourth-order valence-electron chi connectivity index (χ4n) is 5.49. The molecule has 2 atom stereocenters. The number of allylic oxidation sites excluding steroid dienone is 1. The number of benzene rings is 3. The molecule has 0 bridgehead atoms. The quantitative estimate of drug-likeness (QED) is 0.117. The van der Waals surface area contributed by atoms with Gasteiger partial charge in [0.25, 0.3) is 5.56 Å². The maximum absolute atomic E-state index is 14.0. The van der Waals surface area contributed by atoms with E-state index in [0.717, 1.165) is 23.3 Å². The van der Waals surface area contributed by atoms with E-state index in [2.05, 4.69) is 31.0 Å². The maximum Gasteiger partial charge on any atom is 0.338 e. The van der Waals surface area contributed by atoms with Crippen LogP contribution in [0, 0.1) is 0 Å². The van der Waals surface area contributed by atoms with Crippen LogP contribution in [0.5, 0.6) is 23.0 Å². The number of esters is 1. The second-order valence-corrected chi connectivity index (χ2v) is 12.3. The Morgan fingerprint density at radius 3 is 2.29 bits per heavy atom. The molecule has 0 aliphatic carbocycles. The Labute approximate surface area is 284 Å². The Hall–Kier alpha value is -4.83. The molecule has 4 aromatic rings. The van der Waals surface area contributed by atoms with E-state index in [9.17, 15) is 9.59 Å². The highest BCUT2D eigenvalue weighted by Gasteiger charge is 2.33. The Balaban J connectivity index is 1.40. The molecular formula is C38H42N2O7S. The van der Waals surface area contributed by atoms with Crippen LogP contribution in [0.4, 0.5) is 0 Å². The van der Waals surface area contributed by atoms with Gasteiger partial charge < -0.3 is 23.7 Å². The number of thiazole rings is 1. The fraction of sp³-hybridized carbons (Fsp3) is 0.342. The second-order valence-electron chi connectivity index (χ2n) is 11.3. The average Bonchev–Trinajstić information content (AvgIpc) is 3.40. The molecule has 0 fully saturated rings. The normalized spacial score (nSPS) is 15.0. The monoisotopic (exact) mass is 670 g/mol. The highest BCUT2D eigenvalue weighted by atomic mass is 32.1. The predicted molar refractivity (Wildman–Crippen MR) is 187 cm³/mol. The largest absolute Gasteiger partial charge is 0.497 e. The van der Waals surface area contributed by atoms with E-state index in [0.29, 0.717) is 63.6 Å². The molecule has 10 heteroatoms. The Kier molecular flexibility index (Phi) is 11.4. The number of methoxy groups -OCH3 is 1. The van der Waals surface area contributed by atoms with Gasteiger partial charge in [-0.2, -0.15) is 0 Å². The van der Waals surface area contributed by atoms with Gasteiger partial charge >= 0.3 is 5.97 Å². The number of fused-ring (bicyclic) bond motifs is 1. The van der Waals surface area contributed by atoms with Gasteiger partial charge in [0.2, 0.25) is 0 Å². The summed E-state index contributed by atoms with van der Waals surface area (Å²) in [7, 11) is 1.59. The molecule has 0 unspecified atom stereocenters. The second kappa shape index (κ2) is 15.8. The number of carbonyl (C=O) groups excluding carboxylic acids is 1. The lowest BCUT2D eigenvalue weighted by molar-refractivity contribution is -0.139. The standard InChI is InChI=1S/C38H42N2O7S/c1-7-24(4)27-11-17-30(18-12-27)46-20-21-47-31-19-10-26(22-32(31)44-8-2)23-33-36(41)40-35(28-13-15-29(43-6)16-14-28)34(37(42)45-9-3)25(5)39-38(40)48-33/h10-19,22-24,35H,7-9,20-21H2,1-6H3/b33-23+/t24-,35-/m1/s1. The van der Waals surface area contributed by atoms with Crippen LogP contribution >= 0.6 is 11.3 Å². The van der Waals surface area contributed by atoms with Crippen molar-refractivity contribution in [2.75, 3.05) is 33.5 Å². The number of aromatic nitrogens is 1. The van der Waals surface area contributed by atoms with Crippen molar-refractivity contribution in [3.05, 3.63) is 114 Å². The summed E-state index contributed by atoms with van der Waals surface area (Å²) in [4.78, 5) is 32.3. The molecule has 252 valence electrons. The zero-order valence-electron chi connectivity index (χ0n) is 28.3. The summed E-state index contributed by atoms with van der Waals surface area (Å²) in [6.07, 6.45) is 2.89. The molecule has 1 aliphatic heterocycles. The summed E-state index contributed by atoms with van der Waals surface area (Å²) in [5, 5.41) is 0. The van der Waals surface area contributed by atoms with Crippen LogP contribution in [0.2, 0.25) is 0 Å². The van der Waals surface area contributed by atoms with Crippen LogP contribution in [0.15, 0.2) is 87.8 Å². The molecule has 0 radical (unpaired) electrons. The minimum absolute atomic E-state index is 0.205. The van der Waals surface area contributed by atoms with Gasteiger partial charge in [-0.1, -0.05) is 55.5 Å². The number of nitrogens with zero attached hydrogens (tertiary/aromatic N) is 2. The Bertz CT molecular complexity index is 1940. The van der Waals surface area contributed by atoms with Crippen LogP contribution in [-0.2, 0) is 9.53 Å². The molecule has 0 saturated heterocycles. The van der Waals surface area contributed by atoms with E-state index in [4.69, 9.17) is 23.7 Å². The summed E-state index contributed by atoms with van der Waals surface area (Å²) in [5.41, 5.74) is 3.37. The van der Waals surface area contributed by atoms with Crippen LogP contribution in [-0.4, -0.2) is 44.1 Å². The summed E-state index contributed by atoms with van der Waals surface area (Å²) in [5.74, 6) is 2.62. The molecule has 9 nitrogen and oxygen atoms in total. The van der Waals surface area contributed by atoms with Gasteiger partial charge in [0, 0.05) is 0 Å². The third-order valence-electron chi connectivity index (χ3n) is 8.19. The maximum atomic E-state index is 14.0. The lowest BCUT2D eigenvalue weighted by atomic mass is 9.96. The summed E-state index contributed by atoms with van der Waals surface area (Å²) in [6.45, 7) is 11.2. The van der Waals surface area contributed by atoms with Crippen LogP contribution in [0.1, 0.15) is 69.7 Å². The van der Waals surface area contributed by atoms with E-state index in [1.54, 1.807) is 43.7 Å². The fourth-order valence-corrected chi connectivity index (χ4v) is 6.53. The molecule has 0 N–H and O–H groups in total. The zero-order valence-corrected chi connectivity index (χ0v) is 29.1. The molecule has 3 aromatic carbocycles. The van der Waals surface area contributed by atoms with E-state index in [-0.39, 0.29) is 12.2 Å². The van der Waals surface area contributed by atoms with E-state index in [1.807, 2.05) is 49.4 Å². The number of hydrogen-bond acceptors (Lipinski definition) is 9. The van der Waals surface area contributed by atoms with Crippen LogP contribution in [0.25, 0.3) is 6.08 Å². The Morgan fingerprint density at radius 2 is 1.62 bits per heavy atom. The third kappa shape index (κ3) is 7.65. The predicted octanol–water partition coefficient (Wildman–Crippen LogP) is 6.18. The van der Waals surface area contributed by atoms with Crippen molar-refractivity contribution in [1.82, 2.24) is 4.57 Å². The zero-order chi connectivity index (χ0) is 34.2. The van der Waals surface area contributed by atoms with Crippen molar-refractivity contribution >= 4 is 23.4 Å². The first kappa shape index (κ1) is 34.5. The van der Waals surface area contributed by atoms with E-state index in [1.165, 1.54) is 16.9 Å². The number of hydrogen-bond donors (Lipinski definition) is 0. The molecule has 0 spiro atoms. The molecule has 0 saturated carbocycles. The number of rotatable bonds is 14. The van der Waals surface area contributed by atoms with Crippen molar-refractivity contribution in [1.29, 1.82) is 0 Å². The van der Waals surface area contributed by atoms with Crippen molar-refractivity contribution in [2.45, 2.75) is 53.0 Å². The van der Waals surface area contributed by atoms with Crippen molar-refractivity contribution in [3.63, 3.8) is 0 Å². The molecule has 0 amide bonds. The van der Waals surface area contributed by atoms with Gasteiger partial charge in [-0.05, 0) is 92.3 Å². The first-order chi connectivity index (χ1) is 23.3. The number of ether oxygens (including phenoxy) is 5. The van der Waals surface area contributed by atoms with Crippen molar-refractivity contribution in [2.24, 2.45) is 4.99 Å². The first-order valence-corrected chi connectivity index (χ1v) is 17.1. The van der Waals surface area contributed by atoms with Gasteiger partial charge in [0.05, 0.1) is 42.2 Å². The van der Waals surface area contributed by atoms with Gasteiger partial charge in [-0.3, -0.25) is 9.36 Å². The van der Waals surface area contributed by atoms with Gasteiger partial charge in [-0.15, -0.1) is 0 Å². The summed E-state index contributed by atoms with van der Waals surface area (Å²) < 4.78 is 30.6. The third-order valence-corrected chi connectivity index (χ3v) is 9.17. The topological polar surface area (TPSA) is 97.6 Å². The smallest absolute Gasteiger partial charge is 0.338 e. The highest BCUT2D eigenvalue weighted by Crippen LogP contribution is 2.32. The summed E-state index contributed by atoms with van der Waals surface area (Å²) >= 11 is 1.26. The van der Waals surface area contributed by atoms with Crippen molar-refractivity contribution < 1.29 is 28.5 Å². The van der Waals surface area contributed by atoms with E-state index >= 15 is 0 Å². The first-order valence-electron chi connectivity index (χ1n) is 16.2. The molecule has 1 aromatic heterocycles. The molecule has 5 rings (SSSR count). The van der Waals surface area contributed by atoms with Crippen LogP contribution in [0.3, 0.4) is 0 Å². The molecule has 48 heavy (non-hydrogen) atoms. The van der Waals surface area contributed by atoms with Gasteiger partial charge in [0.1, 0.15) is 24.7 Å². The van der Waals surface area contributed by atoms with Gasteiger partial charge in [-0.25, -0.2) is 9.79 Å². The number of carbonyl (C=O) groups is 1.